The maximum absolute atomic E-state index is 13.8. The van der Waals surface area contributed by atoms with Crippen LogP contribution in [0.1, 0.15) is 42.2 Å². The molecule has 32 heavy (non-hydrogen) atoms. The molecule has 3 heterocycles. The Morgan fingerprint density at radius 2 is 1.97 bits per heavy atom. The third kappa shape index (κ3) is 4.83. The highest BCUT2D eigenvalue weighted by Crippen LogP contribution is 2.38. The summed E-state index contributed by atoms with van der Waals surface area (Å²) in [6.45, 7) is 7.46. The Bertz CT molecular complexity index is 1100. The number of nitrogens with zero attached hydrogens (tertiary/aromatic N) is 4. The number of benzene rings is 1. The van der Waals surface area contributed by atoms with Gasteiger partial charge in [0, 0.05) is 25.5 Å². The average molecular weight is 518 g/mol. The number of nitrogens with one attached hydrogen (secondary N) is 1. The van der Waals surface area contributed by atoms with E-state index >= 15 is 0 Å². The van der Waals surface area contributed by atoms with Gasteiger partial charge in [0.15, 0.2) is 0 Å². The van der Waals surface area contributed by atoms with E-state index in [9.17, 15) is 9.18 Å². The Kier molecular flexibility index (Phi) is 6.57. The second-order valence-electron chi connectivity index (χ2n) is 8.63. The minimum atomic E-state index is -0.304. The molecular weight excluding hydrogens is 493 g/mol. The molecule has 2 aromatic heterocycles. The first-order chi connectivity index (χ1) is 15.2. The lowest BCUT2D eigenvalue weighted by atomic mass is 9.76. The molecule has 0 aliphatic carbocycles. The average Bonchev–Trinajstić information content (AvgIpc) is 3.15. The zero-order valence-electron chi connectivity index (χ0n) is 18.2. The van der Waals surface area contributed by atoms with Gasteiger partial charge in [-0.05, 0) is 58.8 Å². The zero-order valence-corrected chi connectivity index (χ0v) is 20.6. The molecule has 1 aliphatic rings. The van der Waals surface area contributed by atoms with Crippen LogP contribution >= 0.6 is 27.3 Å². The van der Waals surface area contributed by atoms with Crippen molar-refractivity contribution in [3.8, 4) is 10.4 Å². The van der Waals surface area contributed by atoms with Crippen LogP contribution in [0.4, 0.5) is 10.3 Å². The van der Waals surface area contributed by atoms with Gasteiger partial charge in [0.1, 0.15) is 11.5 Å². The number of carbonyl (C=O) groups is 1. The summed E-state index contributed by atoms with van der Waals surface area (Å²) >= 11 is 4.80. The summed E-state index contributed by atoms with van der Waals surface area (Å²) in [7, 11) is 0. The van der Waals surface area contributed by atoms with Crippen LogP contribution in [0.25, 0.3) is 10.4 Å². The lowest BCUT2D eigenvalue weighted by molar-refractivity contribution is 0.0315. The summed E-state index contributed by atoms with van der Waals surface area (Å²) in [5.74, 6) is 0.130. The molecule has 0 bridgehead atoms. The molecule has 4 rings (SSSR count). The number of likely N-dealkylation sites (tertiary alicyclic amines) is 1. The second-order valence-corrected chi connectivity index (χ2v) is 10.7. The fourth-order valence-electron chi connectivity index (χ4n) is 4.18. The van der Waals surface area contributed by atoms with Crippen molar-refractivity contribution in [1.82, 2.24) is 19.9 Å². The quantitative estimate of drug-likeness (QED) is 0.480. The Balaban J connectivity index is 1.62. The monoisotopic (exact) mass is 517 g/mol. The minimum absolute atomic E-state index is 0.0564. The number of rotatable bonds is 5. The molecule has 1 atom stereocenters. The van der Waals surface area contributed by atoms with Crippen molar-refractivity contribution in [2.24, 2.45) is 5.41 Å². The van der Waals surface area contributed by atoms with Gasteiger partial charge in [-0.1, -0.05) is 26.0 Å². The Morgan fingerprint density at radius 1 is 1.28 bits per heavy atom. The molecule has 168 valence electrons. The number of anilines is 1. The summed E-state index contributed by atoms with van der Waals surface area (Å²) in [6.07, 6.45) is 5.33. The summed E-state index contributed by atoms with van der Waals surface area (Å²) in [4.78, 5) is 29.6. The highest BCUT2D eigenvalue weighted by atomic mass is 79.9. The number of halogens is 2. The number of piperidine rings is 1. The van der Waals surface area contributed by atoms with E-state index in [1.165, 1.54) is 23.5 Å². The van der Waals surface area contributed by atoms with Crippen LogP contribution in [-0.4, -0.2) is 44.9 Å². The minimum Gasteiger partial charge on any atom is -0.352 e. The van der Waals surface area contributed by atoms with Crippen molar-refractivity contribution in [3.05, 3.63) is 57.7 Å². The van der Waals surface area contributed by atoms with Gasteiger partial charge >= 0.3 is 0 Å². The number of aryl methyl sites for hydroxylation is 1. The number of carbonyl (C=O) groups excluding carboxylic acids is 1. The van der Waals surface area contributed by atoms with Crippen LogP contribution in [-0.2, 0) is 0 Å². The summed E-state index contributed by atoms with van der Waals surface area (Å²) in [6, 6.07) is 6.16. The van der Waals surface area contributed by atoms with Crippen LogP contribution in [0.15, 0.2) is 41.1 Å². The van der Waals surface area contributed by atoms with Gasteiger partial charge in [-0.2, -0.15) is 0 Å². The molecular formula is C23H25BrFN5OS. The molecule has 1 fully saturated rings. The topological polar surface area (TPSA) is 71.0 Å². The van der Waals surface area contributed by atoms with E-state index in [-0.39, 0.29) is 23.2 Å². The molecule has 6 nitrogen and oxygen atoms in total. The standard InChI is InChI=1S/C23H25BrFN5OS/c1-14-29-19(20(32-14)15-5-7-17(25)8-6-15)21(31)30-10-4-9-23(2,3)18(30)13-28-22-26-11-16(24)12-27-22/h5-8,11-12,18H,4,9-10,13H2,1-3H3,(H,26,27,28)/t18-/m0/s1. The van der Waals surface area contributed by atoms with Gasteiger partial charge in [-0.3, -0.25) is 4.79 Å². The van der Waals surface area contributed by atoms with Crippen molar-refractivity contribution in [2.75, 3.05) is 18.4 Å². The molecule has 0 radical (unpaired) electrons. The molecule has 0 saturated carbocycles. The zero-order chi connectivity index (χ0) is 22.9. The molecule has 1 amide bonds. The fraction of sp³-hybridized carbons (Fsp3) is 0.391. The van der Waals surface area contributed by atoms with E-state index in [2.05, 4.69) is 50.0 Å². The summed E-state index contributed by atoms with van der Waals surface area (Å²) in [5.41, 5.74) is 1.15. The molecule has 1 aromatic carbocycles. The third-order valence-electron chi connectivity index (χ3n) is 5.88. The van der Waals surface area contributed by atoms with Crippen molar-refractivity contribution in [1.29, 1.82) is 0 Å². The van der Waals surface area contributed by atoms with E-state index in [1.807, 2.05) is 11.8 Å². The smallest absolute Gasteiger partial charge is 0.274 e. The van der Waals surface area contributed by atoms with Crippen molar-refractivity contribution < 1.29 is 9.18 Å². The van der Waals surface area contributed by atoms with E-state index in [0.717, 1.165) is 32.8 Å². The first-order valence-electron chi connectivity index (χ1n) is 10.5. The van der Waals surface area contributed by atoms with Crippen LogP contribution in [0.3, 0.4) is 0 Å². The van der Waals surface area contributed by atoms with Gasteiger partial charge < -0.3 is 10.2 Å². The molecule has 1 saturated heterocycles. The second kappa shape index (κ2) is 9.23. The molecule has 1 aliphatic heterocycles. The molecule has 1 N–H and O–H groups in total. The Hall–Kier alpha value is -2.39. The molecule has 0 unspecified atom stereocenters. The SMILES string of the molecule is Cc1nc(C(=O)N2CCCC(C)(C)[C@@H]2CNc2ncc(Br)cn2)c(-c2ccc(F)cc2)s1. The highest BCUT2D eigenvalue weighted by molar-refractivity contribution is 9.10. The number of amides is 1. The third-order valence-corrected chi connectivity index (χ3v) is 7.31. The number of hydrogen-bond acceptors (Lipinski definition) is 6. The predicted molar refractivity (Wildman–Crippen MR) is 128 cm³/mol. The normalized spacial score (nSPS) is 17.9. The molecule has 3 aromatic rings. The summed E-state index contributed by atoms with van der Waals surface area (Å²) in [5, 5.41) is 4.10. The van der Waals surface area contributed by atoms with E-state index in [0.29, 0.717) is 24.7 Å². The number of thiazole rings is 1. The molecule has 0 spiro atoms. The lowest BCUT2D eigenvalue weighted by Crippen LogP contribution is -2.55. The summed E-state index contributed by atoms with van der Waals surface area (Å²) < 4.78 is 14.2. The number of hydrogen-bond donors (Lipinski definition) is 1. The predicted octanol–water partition coefficient (Wildman–Crippen LogP) is 5.55. The van der Waals surface area contributed by atoms with E-state index in [4.69, 9.17) is 0 Å². The first-order valence-corrected chi connectivity index (χ1v) is 12.1. The van der Waals surface area contributed by atoms with Crippen molar-refractivity contribution in [2.45, 2.75) is 39.7 Å². The van der Waals surface area contributed by atoms with E-state index < -0.39 is 0 Å². The van der Waals surface area contributed by atoms with Crippen LogP contribution in [0.2, 0.25) is 0 Å². The highest BCUT2D eigenvalue weighted by Gasteiger charge is 2.41. The van der Waals surface area contributed by atoms with Crippen LogP contribution in [0, 0.1) is 18.2 Å². The van der Waals surface area contributed by atoms with Crippen LogP contribution < -0.4 is 5.32 Å². The Labute approximate surface area is 199 Å². The largest absolute Gasteiger partial charge is 0.352 e. The fourth-order valence-corrected chi connectivity index (χ4v) is 5.30. The molecule has 9 heteroatoms. The maximum Gasteiger partial charge on any atom is 0.274 e. The van der Waals surface area contributed by atoms with E-state index in [1.54, 1.807) is 24.5 Å². The number of aromatic nitrogens is 3. The maximum atomic E-state index is 13.8. The van der Waals surface area contributed by atoms with Crippen LogP contribution in [0.5, 0.6) is 0 Å². The Morgan fingerprint density at radius 3 is 2.66 bits per heavy atom. The van der Waals surface area contributed by atoms with Crippen molar-refractivity contribution >= 4 is 39.1 Å². The van der Waals surface area contributed by atoms with Gasteiger partial charge in [-0.25, -0.2) is 19.3 Å². The van der Waals surface area contributed by atoms with Gasteiger partial charge in [0.2, 0.25) is 5.95 Å². The van der Waals surface area contributed by atoms with Gasteiger partial charge in [0.05, 0.1) is 20.4 Å². The van der Waals surface area contributed by atoms with Gasteiger partial charge in [0.25, 0.3) is 5.91 Å². The first kappa shape index (κ1) is 22.8. The van der Waals surface area contributed by atoms with Crippen molar-refractivity contribution in [3.63, 3.8) is 0 Å². The van der Waals surface area contributed by atoms with Gasteiger partial charge in [-0.15, -0.1) is 11.3 Å². The lowest BCUT2D eigenvalue weighted by Gasteiger charge is -2.46.